The van der Waals surface area contributed by atoms with Gasteiger partial charge in [-0.25, -0.2) is 4.98 Å². The van der Waals surface area contributed by atoms with Gasteiger partial charge >= 0.3 is 0 Å². The topological polar surface area (TPSA) is 103 Å². The summed E-state index contributed by atoms with van der Waals surface area (Å²) in [5, 5.41) is 12.7. The van der Waals surface area contributed by atoms with E-state index < -0.39 is 0 Å². The number of aliphatic hydroxyl groups is 1. The van der Waals surface area contributed by atoms with Gasteiger partial charge in [0.2, 0.25) is 5.95 Å². The van der Waals surface area contributed by atoms with Crippen molar-refractivity contribution in [3.63, 3.8) is 0 Å². The number of nitrogen functional groups attached to an aromatic ring is 1. The van der Waals surface area contributed by atoms with Gasteiger partial charge in [-0.1, -0.05) is 25.4 Å². The van der Waals surface area contributed by atoms with Crippen LogP contribution in [0.5, 0.6) is 17.2 Å². The highest BCUT2D eigenvalue weighted by atomic mass is 35.5. The number of nitrogens with two attached hydrogens (primary N) is 1. The van der Waals surface area contributed by atoms with E-state index in [1.807, 2.05) is 19.9 Å². The van der Waals surface area contributed by atoms with Crippen molar-refractivity contribution in [2.45, 2.75) is 32.7 Å². The minimum absolute atomic E-state index is 0.0117. The number of halogens is 1. The van der Waals surface area contributed by atoms with Gasteiger partial charge in [0.25, 0.3) is 0 Å². The number of nitrogens with zero attached hydrogens (tertiary/aromatic N) is 2. The van der Waals surface area contributed by atoms with Crippen LogP contribution in [0, 0.1) is 0 Å². The summed E-state index contributed by atoms with van der Waals surface area (Å²) in [5.74, 6) is 2.03. The molecule has 7 nitrogen and oxygen atoms in total. The van der Waals surface area contributed by atoms with E-state index in [9.17, 15) is 5.11 Å². The summed E-state index contributed by atoms with van der Waals surface area (Å²) in [6, 6.07) is 3.39. The fraction of sp³-hybridized carbons (Fsp3) is 0.412. The summed E-state index contributed by atoms with van der Waals surface area (Å²) >= 11 is 6.18. The van der Waals surface area contributed by atoms with Crippen LogP contribution < -0.4 is 20.5 Å². The number of aromatic nitrogens is 2. The van der Waals surface area contributed by atoms with E-state index >= 15 is 0 Å². The Bertz CT molecular complexity index is 723. The molecule has 0 radical (unpaired) electrons. The van der Waals surface area contributed by atoms with Crippen molar-refractivity contribution in [3.05, 3.63) is 28.9 Å². The molecule has 4 N–H and O–H groups in total. The molecule has 1 heterocycles. The first-order valence-corrected chi connectivity index (χ1v) is 8.44. The summed E-state index contributed by atoms with van der Waals surface area (Å²) in [6.45, 7) is 3.94. The van der Waals surface area contributed by atoms with Crippen LogP contribution in [-0.4, -0.2) is 34.8 Å². The summed E-state index contributed by atoms with van der Waals surface area (Å²) in [7, 11) is 1.56. The minimum atomic E-state index is -0.127. The summed E-state index contributed by atoms with van der Waals surface area (Å²) in [6.07, 6.45) is 2.96. The highest BCUT2D eigenvalue weighted by molar-refractivity contribution is 6.32. The van der Waals surface area contributed by atoms with E-state index in [1.165, 1.54) is 6.20 Å². The first kappa shape index (κ1) is 19.1. The van der Waals surface area contributed by atoms with Gasteiger partial charge in [0.1, 0.15) is 11.5 Å². The lowest BCUT2D eigenvalue weighted by molar-refractivity contribution is 0.271. The zero-order valence-corrected chi connectivity index (χ0v) is 15.3. The van der Waals surface area contributed by atoms with E-state index in [1.54, 1.807) is 13.2 Å². The fourth-order valence-corrected chi connectivity index (χ4v) is 2.45. The highest BCUT2D eigenvalue weighted by Gasteiger charge is 2.14. The SMILES string of the molecule is CCc1cc(OC)c(Cl)cc1Oc1cnc(NC(CC)CO)nc1N. The third kappa shape index (κ3) is 4.64. The molecule has 1 atom stereocenters. The molecule has 25 heavy (non-hydrogen) atoms. The van der Waals surface area contributed by atoms with E-state index in [2.05, 4.69) is 15.3 Å². The van der Waals surface area contributed by atoms with Crippen LogP contribution in [-0.2, 0) is 6.42 Å². The third-order valence-electron chi connectivity index (χ3n) is 3.77. The number of methoxy groups -OCH3 is 1. The maximum absolute atomic E-state index is 9.24. The van der Waals surface area contributed by atoms with Gasteiger partial charge in [0.15, 0.2) is 11.6 Å². The molecule has 0 saturated heterocycles. The van der Waals surface area contributed by atoms with Crippen molar-refractivity contribution in [1.29, 1.82) is 0 Å². The third-order valence-corrected chi connectivity index (χ3v) is 4.06. The molecule has 2 rings (SSSR count). The number of hydrogen-bond acceptors (Lipinski definition) is 7. The van der Waals surface area contributed by atoms with Crippen molar-refractivity contribution < 1.29 is 14.6 Å². The second-order valence-electron chi connectivity index (χ2n) is 5.43. The van der Waals surface area contributed by atoms with Gasteiger partial charge < -0.3 is 25.6 Å². The van der Waals surface area contributed by atoms with Crippen LogP contribution in [0.15, 0.2) is 18.3 Å². The van der Waals surface area contributed by atoms with Crippen LogP contribution in [0.1, 0.15) is 25.8 Å². The molecule has 136 valence electrons. The maximum atomic E-state index is 9.24. The molecule has 1 unspecified atom stereocenters. The molecule has 0 aliphatic rings. The lowest BCUT2D eigenvalue weighted by Crippen LogP contribution is -2.24. The number of anilines is 2. The molecular formula is C17H23ClN4O3. The van der Waals surface area contributed by atoms with E-state index in [4.69, 9.17) is 26.8 Å². The number of rotatable bonds is 8. The Morgan fingerprint density at radius 1 is 1.28 bits per heavy atom. The molecule has 0 spiro atoms. The average molecular weight is 367 g/mol. The molecule has 0 saturated carbocycles. The molecule has 1 aromatic heterocycles. The minimum Gasteiger partial charge on any atom is -0.495 e. The normalized spacial score (nSPS) is 11.9. The molecule has 0 amide bonds. The lowest BCUT2D eigenvalue weighted by Gasteiger charge is -2.16. The number of benzene rings is 1. The van der Waals surface area contributed by atoms with Crippen molar-refractivity contribution in [2.75, 3.05) is 24.8 Å². The Hall–Kier alpha value is -2.25. The molecular weight excluding hydrogens is 344 g/mol. The molecule has 8 heteroatoms. The lowest BCUT2D eigenvalue weighted by atomic mass is 10.1. The summed E-state index contributed by atoms with van der Waals surface area (Å²) in [5.41, 5.74) is 6.90. The number of aryl methyl sites for hydroxylation is 1. The predicted octanol–water partition coefficient (Wildman–Crippen LogP) is 3.26. The first-order valence-electron chi connectivity index (χ1n) is 8.06. The standard InChI is InChI=1S/C17H23ClN4O3/c1-4-10-6-14(24-3)12(18)7-13(10)25-15-8-20-17(22-16(15)19)21-11(5-2)9-23/h6-8,11,23H,4-5,9H2,1-3H3,(H3,19,20,21,22). The number of aliphatic hydroxyl groups excluding tert-OH is 1. The van der Waals surface area contributed by atoms with E-state index in [0.29, 0.717) is 28.2 Å². The summed E-state index contributed by atoms with van der Waals surface area (Å²) < 4.78 is 11.1. The van der Waals surface area contributed by atoms with Crippen LogP contribution in [0.25, 0.3) is 0 Å². The number of ether oxygens (including phenoxy) is 2. The molecule has 0 bridgehead atoms. The molecule has 1 aromatic carbocycles. The summed E-state index contributed by atoms with van der Waals surface area (Å²) in [4.78, 5) is 8.37. The van der Waals surface area contributed by atoms with Crippen LogP contribution in [0.4, 0.5) is 11.8 Å². The van der Waals surface area contributed by atoms with Gasteiger partial charge in [-0.05, 0) is 24.5 Å². The zero-order chi connectivity index (χ0) is 18.4. The van der Waals surface area contributed by atoms with E-state index in [-0.39, 0.29) is 18.5 Å². The smallest absolute Gasteiger partial charge is 0.225 e. The zero-order valence-electron chi connectivity index (χ0n) is 14.5. The van der Waals surface area contributed by atoms with Gasteiger partial charge in [-0.3, -0.25) is 0 Å². The van der Waals surface area contributed by atoms with Gasteiger partial charge in [0, 0.05) is 6.07 Å². The Kier molecular flexibility index (Phi) is 6.66. The molecule has 2 aromatic rings. The Morgan fingerprint density at radius 2 is 2.04 bits per heavy atom. The largest absolute Gasteiger partial charge is 0.495 e. The first-order chi connectivity index (χ1) is 12.0. The Balaban J connectivity index is 2.24. The molecule has 0 aliphatic heterocycles. The van der Waals surface area contributed by atoms with Crippen LogP contribution in [0.2, 0.25) is 5.02 Å². The maximum Gasteiger partial charge on any atom is 0.225 e. The second kappa shape index (κ2) is 8.73. The Morgan fingerprint density at radius 3 is 2.60 bits per heavy atom. The number of hydrogen-bond donors (Lipinski definition) is 3. The van der Waals surface area contributed by atoms with Crippen molar-refractivity contribution in [1.82, 2.24) is 9.97 Å². The van der Waals surface area contributed by atoms with Gasteiger partial charge in [0.05, 0.1) is 31.0 Å². The van der Waals surface area contributed by atoms with Crippen LogP contribution >= 0.6 is 11.6 Å². The van der Waals surface area contributed by atoms with Crippen molar-refractivity contribution >= 4 is 23.4 Å². The second-order valence-corrected chi connectivity index (χ2v) is 5.83. The highest BCUT2D eigenvalue weighted by Crippen LogP contribution is 2.36. The van der Waals surface area contributed by atoms with E-state index in [0.717, 1.165) is 18.4 Å². The molecule has 0 aliphatic carbocycles. The van der Waals surface area contributed by atoms with Gasteiger partial charge in [-0.2, -0.15) is 4.98 Å². The van der Waals surface area contributed by atoms with Crippen molar-refractivity contribution in [2.24, 2.45) is 0 Å². The Labute approximate surface area is 152 Å². The monoisotopic (exact) mass is 366 g/mol. The molecule has 0 fully saturated rings. The average Bonchev–Trinajstić information content (AvgIpc) is 2.62. The number of nitrogens with one attached hydrogen (secondary N) is 1. The predicted molar refractivity (Wildman–Crippen MR) is 98.7 cm³/mol. The van der Waals surface area contributed by atoms with Gasteiger partial charge in [-0.15, -0.1) is 0 Å². The van der Waals surface area contributed by atoms with Crippen LogP contribution in [0.3, 0.4) is 0 Å². The quantitative estimate of drug-likeness (QED) is 0.658. The fourth-order valence-electron chi connectivity index (χ4n) is 2.21. The van der Waals surface area contributed by atoms with Crippen molar-refractivity contribution in [3.8, 4) is 17.2 Å².